The molecule has 0 spiro atoms. The van der Waals surface area contributed by atoms with Crippen molar-refractivity contribution in [2.75, 3.05) is 0 Å². The highest BCUT2D eigenvalue weighted by atomic mass is 19.4. The van der Waals surface area contributed by atoms with E-state index in [-0.39, 0.29) is 5.82 Å². The minimum absolute atomic E-state index is 0.221. The molecule has 0 saturated carbocycles. The van der Waals surface area contributed by atoms with Gasteiger partial charge >= 0.3 is 7.11 Å². The SMILES string of the molecule is N/C(=N\[B-](F)(F)F)c1ncccn1. The molecule has 2 N–H and O–H groups in total. The Balaban J connectivity index is 2.92. The molecule has 0 bridgehead atoms. The van der Waals surface area contributed by atoms with Gasteiger partial charge in [0.2, 0.25) is 0 Å². The zero-order valence-corrected chi connectivity index (χ0v) is 6.36. The van der Waals surface area contributed by atoms with Crippen LogP contribution >= 0.6 is 0 Å². The van der Waals surface area contributed by atoms with Gasteiger partial charge in [-0.1, -0.05) is 0 Å². The lowest BCUT2D eigenvalue weighted by atomic mass is 10.2. The maximum Gasteiger partial charge on any atom is 0.614 e. The van der Waals surface area contributed by atoms with Crippen molar-refractivity contribution in [3.8, 4) is 0 Å². The largest absolute Gasteiger partial charge is 0.614 e. The molecule has 0 amide bonds. The van der Waals surface area contributed by atoms with E-state index in [1.807, 2.05) is 0 Å². The first kappa shape index (κ1) is 9.49. The van der Waals surface area contributed by atoms with E-state index in [4.69, 9.17) is 5.73 Å². The van der Waals surface area contributed by atoms with Crippen LogP contribution in [-0.2, 0) is 0 Å². The van der Waals surface area contributed by atoms with E-state index >= 15 is 0 Å². The lowest BCUT2D eigenvalue weighted by Gasteiger charge is -2.08. The minimum Gasteiger partial charge on any atom is -0.427 e. The average molecular weight is 189 g/mol. The first-order chi connectivity index (χ1) is 5.99. The summed E-state index contributed by atoms with van der Waals surface area (Å²) >= 11 is 0. The second kappa shape index (κ2) is 3.42. The molecular weight excluding hydrogens is 184 g/mol. The smallest absolute Gasteiger partial charge is 0.427 e. The van der Waals surface area contributed by atoms with Crippen molar-refractivity contribution >= 4 is 12.9 Å². The second-order valence-electron chi connectivity index (χ2n) is 2.13. The lowest BCUT2D eigenvalue weighted by molar-refractivity contribution is 0.476. The topological polar surface area (TPSA) is 64.2 Å². The fraction of sp³-hybridized carbons (Fsp3) is 0. The second-order valence-corrected chi connectivity index (χ2v) is 2.13. The Hall–Kier alpha value is -1.60. The highest BCUT2D eigenvalue weighted by Crippen LogP contribution is 2.09. The third kappa shape index (κ3) is 3.10. The summed E-state index contributed by atoms with van der Waals surface area (Å²) in [5, 5.41) is 0. The molecule has 1 aromatic heterocycles. The van der Waals surface area contributed by atoms with E-state index < -0.39 is 12.9 Å². The minimum atomic E-state index is -5.29. The standard InChI is InChI=1S/C5H5BF3N4/c7-6(8,9)13-4(10)5-11-2-1-3-12-5/h1-3H,(H2,10,13)/q-1. The Morgan fingerprint density at radius 2 is 1.85 bits per heavy atom. The van der Waals surface area contributed by atoms with Crippen molar-refractivity contribution in [3.05, 3.63) is 24.3 Å². The molecule has 13 heavy (non-hydrogen) atoms. The molecule has 0 saturated heterocycles. The Morgan fingerprint density at radius 1 is 1.31 bits per heavy atom. The fourth-order valence-electron chi connectivity index (χ4n) is 0.647. The molecule has 0 aromatic carbocycles. The summed E-state index contributed by atoms with van der Waals surface area (Å²) in [6, 6.07) is 1.47. The molecule has 4 nitrogen and oxygen atoms in total. The van der Waals surface area contributed by atoms with Crippen molar-refractivity contribution in [2.45, 2.75) is 0 Å². The van der Waals surface area contributed by atoms with Crippen LogP contribution in [0.25, 0.3) is 0 Å². The van der Waals surface area contributed by atoms with Crippen LogP contribution in [0.15, 0.2) is 23.4 Å². The summed E-state index contributed by atoms with van der Waals surface area (Å²) in [5.41, 5.74) is 5.00. The van der Waals surface area contributed by atoms with Crippen molar-refractivity contribution < 1.29 is 12.9 Å². The number of nitrogens with two attached hydrogens (primary N) is 1. The summed E-state index contributed by atoms with van der Waals surface area (Å²) in [4.78, 5) is 9.32. The van der Waals surface area contributed by atoms with Crippen LogP contribution in [0.5, 0.6) is 0 Å². The Morgan fingerprint density at radius 3 is 2.31 bits per heavy atom. The van der Waals surface area contributed by atoms with Crippen molar-refractivity contribution in [1.82, 2.24) is 9.97 Å². The van der Waals surface area contributed by atoms with Gasteiger partial charge < -0.3 is 23.6 Å². The van der Waals surface area contributed by atoms with Crippen LogP contribution in [0, 0.1) is 0 Å². The predicted octanol–water partition coefficient (Wildman–Crippen LogP) is 0.526. The van der Waals surface area contributed by atoms with Gasteiger partial charge in [0.25, 0.3) is 0 Å². The van der Waals surface area contributed by atoms with Gasteiger partial charge in [-0.05, 0) is 6.07 Å². The highest BCUT2D eigenvalue weighted by Gasteiger charge is 2.23. The van der Waals surface area contributed by atoms with E-state index in [1.54, 1.807) is 0 Å². The molecule has 1 heterocycles. The molecule has 0 aliphatic carbocycles. The fourth-order valence-corrected chi connectivity index (χ4v) is 0.647. The zero-order valence-electron chi connectivity index (χ0n) is 6.36. The van der Waals surface area contributed by atoms with E-state index in [1.165, 1.54) is 18.5 Å². The van der Waals surface area contributed by atoms with Gasteiger partial charge in [-0.3, -0.25) is 0 Å². The van der Waals surface area contributed by atoms with Crippen LogP contribution in [0.2, 0.25) is 0 Å². The van der Waals surface area contributed by atoms with Gasteiger partial charge in [-0.25, -0.2) is 9.97 Å². The molecule has 0 aliphatic heterocycles. The first-order valence-electron chi connectivity index (χ1n) is 3.31. The first-order valence-corrected chi connectivity index (χ1v) is 3.31. The number of aromatic nitrogens is 2. The quantitative estimate of drug-likeness (QED) is 0.419. The zero-order chi connectivity index (χ0) is 9.90. The number of amidine groups is 1. The van der Waals surface area contributed by atoms with Gasteiger partial charge in [0.05, 0.1) is 0 Å². The molecule has 0 unspecified atom stereocenters. The molecule has 8 heteroatoms. The van der Waals surface area contributed by atoms with Gasteiger partial charge in [0.1, 0.15) is 5.84 Å². The average Bonchev–Trinajstić information content (AvgIpc) is 2.03. The molecule has 0 aliphatic rings. The summed E-state index contributed by atoms with van der Waals surface area (Å²) in [6.45, 7) is 0. The summed E-state index contributed by atoms with van der Waals surface area (Å²) < 4.78 is 35.2. The van der Waals surface area contributed by atoms with Crippen LogP contribution < -0.4 is 5.73 Å². The van der Waals surface area contributed by atoms with Gasteiger partial charge in [0.15, 0.2) is 5.82 Å². The molecule has 70 valence electrons. The summed E-state index contributed by atoms with van der Waals surface area (Å²) in [5.74, 6) is -0.935. The maximum atomic E-state index is 11.7. The molecule has 0 radical (unpaired) electrons. The predicted molar refractivity (Wildman–Crippen MR) is 41.8 cm³/mol. The third-order valence-electron chi connectivity index (χ3n) is 1.08. The van der Waals surface area contributed by atoms with Crippen molar-refractivity contribution in [1.29, 1.82) is 0 Å². The highest BCUT2D eigenvalue weighted by molar-refractivity contribution is 6.58. The number of nitrogens with zero attached hydrogens (tertiary/aromatic N) is 3. The lowest BCUT2D eigenvalue weighted by Crippen LogP contribution is -2.24. The number of rotatable bonds is 2. The molecule has 1 rings (SSSR count). The molecule has 0 atom stereocenters. The normalized spacial score (nSPS) is 13.0. The maximum absolute atomic E-state index is 11.7. The number of halogens is 3. The number of hydrogen-bond donors (Lipinski definition) is 1. The van der Waals surface area contributed by atoms with E-state index in [2.05, 4.69) is 14.9 Å². The molecule has 0 fully saturated rings. The van der Waals surface area contributed by atoms with Crippen LogP contribution in [0.3, 0.4) is 0 Å². The van der Waals surface area contributed by atoms with Crippen LogP contribution in [0.4, 0.5) is 12.9 Å². The Kier molecular flexibility index (Phi) is 2.50. The Labute approximate surface area is 71.8 Å². The molecular formula is C5H5BF3N4-. The van der Waals surface area contributed by atoms with Crippen molar-refractivity contribution in [2.24, 2.45) is 10.6 Å². The van der Waals surface area contributed by atoms with Gasteiger partial charge in [0, 0.05) is 12.4 Å². The van der Waals surface area contributed by atoms with E-state index in [0.717, 1.165) is 0 Å². The molecule has 1 aromatic rings. The third-order valence-corrected chi connectivity index (χ3v) is 1.08. The number of hydrogen-bond acceptors (Lipinski definition) is 3. The van der Waals surface area contributed by atoms with E-state index in [0.29, 0.717) is 0 Å². The van der Waals surface area contributed by atoms with Crippen LogP contribution in [0.1, 0.15) is 5.82 Å². The van der Waals surface area contributed by atoms with Gasteiger partial charge in [-0.15, -0.1) is 0 Å². The Bertz CT molecular complexity index is 309. The van der Waals surface area contributed by atoms with E-state index in [9.17, 15) is 12.9 Å². The summed E-state index contributed by atoms with van der Waals surface area (Å²) in [7, 11) is -5.29. The van der Waals surface area contributed by atoms with Crippen molar-refractivity contribution in [3.63, 3.8) is 0 Å². The van der Waals surface area contributed by atoms with Gasteiger partial charge in [-0.2, -0.15) is 0 Å². The summed E-state index contributed by atoms with van der Waals surface area (Å²) in [6.07, 6.45) is 2.57. The van der Waals surface area contributed by atoms with Crippen LogP contribution in [-0.4, -0.2) is 22.9 Å². The monoisotopic (exact) mass is 189 g/mol.